The molecule has 0 spiro atoms. The van der Waals surface area contributed by atoms with Crippen LogP contribution in [0.25, 0.3) is 0 Å². The maximum atomic E-state index is 11.3. The third-order valence-corrected chi connectivity index (χ3v) is 1.89. The average Bonchev–Trinajstić information content (AvgIpc) is 2.03. The van der Waals surface area contributed by atoms with Gasteiger partial charge in [0.25, 0.3) is 5.91 Å². The highest BCUT2D eigenvalue weighted by Crippen LogP contribution is 2.12. The highest BCUT2D eigenvalue weighted by atomic mass is 79.9. The Morgan fingerprint density at radius 2 is 2.25 bits per heavy atom. The van der Waals surface area contributed by atoms with Crippen LogP contribution in [0.1, 0.15) is 10.4 Å². The van der Waals surface area contributed by atoms with E-state index in [9.17, 15) is 4.79 Å². The molecule has 1 aromatic rings. The average molecular weight is 229 g/mol. The summed E-state index contributed by atoms with van der Waals surface area (Å²) in [4.78, 5) is 11.3. The quantitative estimate of drug-likeness (QED) is 0.449. The van der Waals surface area contributed by atoms with Crippen molar-refractivity contribution in [2.75, 3.05) is 7.05 Å². The summed E-state index contributed by atoms with van der Waals surface area (Å²) in [6.45, 7) is 0. The molecule has 0 heterocycles. The first-order chi connectivity index (χ1) is 5.61. The SMILES string of the molecule is CN(N)C(=O)c1cccc(Br)c1. The van der Waals surface area contributed by atoms with Gasteiger partial charge < -0.3 is 0 Å². The van der Waals surface area contributed by atoms with Crippen LogP contribution in [0, 0.1) is 0 Å². The van der Waals surface area contributed by atoms with Crippen LogP contribution in [0.4, 0.5) is 0 Å². The number of benzene rings is 1. The zero-order valence-electron chi connectivity index (χ0n) is 6.62. The second kappa shape index (κ2) is 3.69. The van der Waals surface area contributed by atoms with E-state index >= 15 is 0 Å². The number of hydrazine groups is 1. The number of rotatable bonds is 1. The molecule has 0 fully saturated rings. The van der Waals surface area contributed by atoms with Crippen molar-refractivity contribution in [1.82, 2.24) is 5.01 Å². The van der Waals surface area contributed by atoms with Crippen molar-refractivity contribution in [3.8, 4) is 0 Å². The van der Waals surface area contributed by atoms with Crippen molar-refractivity contribution in [2.24, 2.45) is 5.84 Å². The largest absolute Gasteiger partial charge is 0.280 e. The third kappa shape index (κ3) is 2.06. The minimum absolute atomic E-state index is 0.198. The first-order valence-corrected chi connectivity index (χ1v) is 4.19. The van der Waals surface area contributed by atoms with Gasteiger partial charge in [-0.15, -0.1) is 0 Å². The number of amides is 1. The minimum Gasteiger partial charge on any atom is -0.280 e. The molecule has 0 saturated carbocycles. The van der Waals surface area contributed by atoms with Crippen molar-refractivity contribution < 1.29 is 4.79 Å². The van der Waals surface area contributed by atoms with Crippen LogP contribution >= 0.6 is 15.9 Å². The Kier molecular flexibility index (Phi) is 2.83. The molecule has 64 valence electrons. The third-order valence-electron chi connectivity index (χ3n) is 1.39. The van der Waals surface area contributed by atoms with Crippen molar-refractivity contribution >= 4 is 21.8 Å². The molecule has 0 aliphatic rings. The van der Waals surface area contributed by atoms with Gasteiger partial charge in [-0.2, -0.15) is 0 Å². The van der Waals surface area contributed by atoms with Crippen molar-refractivity contribution in [2.45, 2.75) is 0 Å². The second-order valence-corrected chi connectivity index (χ2v) is 3.34. The lowest BCUT2D eigenvalue weighted by atomic mass is 10.2. The summed E-state index contributed by atoms with van der Waals surface area (Å²) in [5.41, 5.74) is 0.578. The molecule has 3 nitrogen and oxygen atoms in total. The fourth-order valence-corrected chi connectivity index (χ4v) is 1.22. The van der Waals surface area contributed by atoms with Gasteiger partial charge in [0.2, 0.25) is 0 Å². The molecule has 0 aliphatic carbocycles. The van der Waals surface area contributed by atoms with Gasteiger partial charge in [0.05, 0.1) is 0 Å². The molecule has 0 unspecified atom stereocenters. The van der Waals surface area contributed by atoms with Gasteiger partial charge in [0.15, 0.2) is 0 Å². The number of halogens is 1. The Balaban J connectivity index is 2.96. The first kappa shape index (κ1) is 9.22. The van der Waals surface area contributed by atoms with E-state index in [1.165, 1.54) is 7.05 Å². The van der Waals surface area contributed by atoms with Crippen LogP contribution in [0.15, 0.2) is 28.7 Å². The minimum atomic E-state index is -0.198. The molecule has 4 heteroatoms. The van der Waals surface area contributed by atoms with E-state index in [4.69, 9.17) is 5.84 Å². The zero-order chi connectivity index (χ0) is 9.14. The summed E-state index contributed by atoms with van der Waals surface area (Å²) in [6, 6.07) is 7.09. The van der Waals surface area contributed by atoms with Gasteiger partial charge >= 0.3 is 0 Å². The predicted molar refractivity (Wildman–Crippen MR) is 50.4 cm³/mol. The maximum absolute atomic E-state index is 11.3. The smallest absolute Gasteiger partial charge is 0.267 e. The number of carbonyl (C=O) groups excluding carboxylic acids is 1. The number of hydrogen-bond donors (Lipinski definition) is 1. The molecule has 0 atom stereocenters. The van der Waals surface area contributed by atoms with Crippen LogP contribution < -0.4 is 5.84 Å². The lowest BCUT2D eigenvalue weighted by Gasteiger charge is -2.09. The zero-order valence-corrected chi connectivity index (χ0v) is 8.21. The Morgan fingerprint density at radius 1 is 1.58 bits per heavy atom. The van der Waals surface area contributed by atoms with Crippen LogP contribution in [-0.4, -0.2) is 18.0 Å². The predicted octanol–water partition coefficient (Wildman–Crippen LogP) is 1.39. The van der Waals surface area contributed by atoms with E-state index in [0.29, 0.717) is 5.56 Å². The van der Waals surface area contributed by atoms with E-state index in [2.05, 4.69) is 15.9 Å². The Morgan fingerprint density at radius 3 is 2.75 bits per heavy atom. The first-order valence-electron chi connectivity index (χ1n) is 3.39. The summed E-state index contributed by atoms with van der Waals surface area (Å²) >= 11 is 3.27. The van der Waals surface area contributed by atoms with Gasteiger partial charge in [0, 0.05) is 17.1 Å². The number of nitrogens with zero attached hydrogens (tertiary/aromatic N) is 1. The molecule has 0 aromatic heterocycles. The fourth-order valence-electron chi connectivity index (χ4n) is 0.825. The molecular formula is C8H9BrN2O. The molecule has 0 bridgehead atoms. The number of hydrogen-bond acceptors (Lipinski definition) is 2. The molecule has 0 aliphatic heterocycles. The van der Waals surface area contributed by atoms with Gasteiger partial charge in [0.1, 0.15) is 0 Å². The molecule has 12 heavy (non-hydrogen) atoms. The van der Waals surface area contributed by atoms with Gasteiger partial charge in [-0.05, 0) is 18.2 Å². The van der Waals surface area contributed by atoms with Crippen LogP contribution in [0.3, 0.4) is 0 Å². The van der Waals surface area contributed by atoms with Crippen molar-refractivity contribution in [3.63, 3.8) is 0 Å². The van der Waals surface area contributed by atoms with Crippen molar-refractivity contribution in [3.05, 3.63) is 34.3 Å². The van der Waals surface area contributed by atoms with Crippen molar-refractivity contribution in [1.29, 1.82) is 0 Å². The maximum Gasteiger partial charge on any atom is 0.267 e. The van der Waals surface area contributed by atoms with Crippen LogP contribution in [0.2, 0.25) is 0 Å². The van der Waals surface area contributed by atoms with E-state index in [1.54, 1.807) is 18.2 Å². The summed E-state index contributed by atoms with van der Waals surface area (Å²) in [5, 5.41) is 1.06. The molecule has 1 aromatic carbocycles. The lowest BCUT2D eigenvalue weighted by molar-refractivity contribution is 0.0795. The van der Waals surface area contributed by atoms with Crippen LogP contribution in [0.5, 0.6) is 0 Å². The number of nitrogens with two attached hydrogens (primary N) is 1. The molecule has 1 amide bonds. The molecule has 0 radical (unpaired) electrons. The number of carbonyl (C=O) groups is 1. The summed E-state index contributed by atoms with van der Waals surface area (Å²) < 4.78 is 0.871. The highest BCUT2D eigenvalue weighted by molar-refractivity contribution is 9.10. The highest BCUT2D eigenvalue weighted by Gasteiger charge is 2.07. The molecular weight excluding hydrogens is 220 g/mol. The molecule has 2 N–H and O–H groups in total. The van der Waals surface area contributed by atoms with Crippen LogP contribution in [-0.2, 0) is 0 Å². The lowest BCUT2D eigenvalue weighted by Crippen LogP contribution is -2.32. The van der Waals surface area contributed by atoms with E-state index < -0.39 is 0 Å². The normalized spacial score (nSPS) is 9.58. The Bertz CT molecular complexity index is 299. The van der Waals surface area contributed by atoms with E-state index in [0.717, 1.165) is 9.48 Å². The molecule has 0 saturated heterocycles. The fraction of sp³-hybridized carbons (Fsp3) is 0.125. The standard InChI is InChI=1S/C8H9BrN2O/c1-11(10)8(12)6-3-2-4-7(9)5-6/h2-5H,10H2,1H3. The summed E-state index contributed by atoms with van der Waals surface area (Å²) in [5.74, 6) is 5.09. The topological polar surface area (TPSA) is 46.3 Å². The van der Waals surface area contributed by atoms with E-state index in [1.807, 2.05) is 6.07 Å². The van der Waals surface area contributed by atoms with E-state index in [-0.39, 0.29) is 5.91 Å². The summed E-state index contributed by atoms with van der Waals surface area (Å²) in [7, 11) is 1.52. The summed E-state index contributed by atoms with van der Waals surface area (Å²) in [6.07, 6.45) is 0. The monoisotopic (exact) mass is 228 g/mol. The second-order valence-electron chi connectivity index (χ2n) is 2.43. The molecule has 1 rings (SSSR count). The Labute approximate surface area is 79.3 Å². The van der Waals surface area contributed by atoms with Gasteiger partial charge in [-0.3, -0.25) is 9.80 Å². The Hall–Kier alpha value is -0.870. The van der Waals surface area contributed by atoms with Gasteiger partial charge in [-0.1, -0.05) is 22.0 Å². The van der Waals surface area contributed by atoms with Gasteiger partial charge in [-0.25, -0.2) is 5.84 Å².